The van der Waals surface area contributed by atoms with Crippen molar-refractivity contribution in [2.24, 2.45) is 0 Å². The highest BCUT2D eigenvalue weighted by molar-refractivity contribution is 7.99. The molecule has 0 radical (unpaired) electrons. The Morgan fingerprint density at radius 1 is 1.10 bits per heavy atom. The van der Waals surface area contributed by atoms with E-state index in [0.717, 1.165) is 57.2 Å². The molecule has 0 aliphatic rings. The summed E-state index contributed by atoms with van der Waals surface area (Å²) in [6.07, 6.45) is 0.994. The Kier molecular flexibility index (Phi) is 8.54. The summed E-state index contributed by atoms with van der Waals surface area (Å²) < 4.78 is 7.70. The standard InChI is InChI=1S/C22H22ClN5OS.ClH/c1-16-8-9-17(14-20(16)23)21-11-10-19(29-21)15-24-12-5-13-30-22-25-26-27-28(22)18-6-3-2-4-7-18;/h2-4,6-11,14,24H,5,12-13,15H2,1H3;1H. The van der Waals surface area contributed by atoms with Gasteiger partial charge in [-0.25, -0.2) is 0 Å². The van der Waals surface area contributed by atoms with Gasteiger partial charge in [-0.05, 0) is 66.2 Å². The maximum absolute atomic E-state index is 6.21. The van der Waals surface area contributed by atoms with Crippen LogP contribution in [0.1, 0.15) is 17.7 Å². The van der Waals surface area contributed by atoms with Crippen LogP contribution in [0.5, 0.6) is 0 Å². The quantitative estimate of drug-likeness (QED) is 0.251. The van der Waals surface area contributed by atoms with Gasteiger partial charge in [-0.3, -0.25) is 0 Å². The molecule has 4 rings (SSSR count). The summed E-state index contributed by atoms with van der Waals surface area (Å²) in [6.45, 7) is 3.56. The number of rotatable bonds is 9. The van der Waals surface area contributed by atoms with Gasteiger partial charge in [-0.2, -0.15) is 4.68 Å². The van der Waals surface area contributed by atoms with Crippen LogP contribution < -0.4 is 5.32 Å². The molecule has 0 aliphatic heterocycles. The molecule has 2 aromatic carbocycles. The average molecular weight is 476 g/mol. The van der Waals surface area contributed by atoms with E-state index in [1.165, 1.54) is 0 Å². The fourth-order valence-electron chi connectivity index (χ4n) is 2.95. The minimum atomic E-state index is 0. The molecular formula is C22H23Cl2N5OS. The molecule has 0 saturated heterocycles. The molecule has 0 saturated carbocycles. The van der Waals surface area contributed by atoms with E-state index in [1.54, 1.807) is 16.4 Å². The minimum Gasteiger partial charge on any atom is -0.460 e. The second-order valence-corrected chi connectivity index (χ2v) is 8.29. The Hall–Kier alpha value is -2.32. The third-order valence-electron chi connectivity index (χ3n) is 4.59. The summed E-state index contributed by atoms with van der Waals surface area (Å²) in [7, 11) is 0. The first-order valence-corrected chi connectivity index (χ1v) is 11.1. The number of para-hydroxylation sites is 1. The largest absolute Gasteiger partial charge is 0.460 e. The molecular weight excluding hydrogens is 453 g/mol. The van der Waals surface area contributed by atoms with Crippen LogP contribution in [0.4, 0.5) is 0 Å². The molecule has 9 heteroatoms. The van der Waals surface area contributed by atoms with E-state index in [0.29, 0.717) is 6.54 Å². The zero-order valence-corrected chi connectivity index (χ0v) is 19.4. The lowest BCUT2D eigenvalue weighted by Crippen LogP contribution is -2.14. The minimum absolute atomic E-state index is 0. The van der Waals surface area contributed by atoms with Crippen LogP contribution in [-0.4, -0.2) is 32.5 Å². The summed E-state index contributed by atoms with van der Waals surface area (Å²) in [4.78, 5) is 0. The average Bonchev–Trinajstić information content (AvgIpc) is 3.43. The van der Waals surface area contributed by atoms with Crippen molar-refractivity contribution in [1.29, 1.82) is 0 Å². The van der Waals surface area contributed by atoms with E-state index < -0.39 is 0 Å². The Bertz CT molecular complexity index is 1100. The molecule has 1 N–H and O–H groups in total. The zero-order chi connectivity index (χ0) is 20.8. The lowest BCUT2D eigenvalue weighted by Gasteiger charge is -2.05. The van der Waals surface area contributed by atoms with Gasteiger partial charge in [0.05, 0.1) is 12.2 Å². The number of tetrazole rings is 1. The number of aryl methyl sites for hydroxylation is 1. The Morgan fingerprint density at radius 3 is 2.74 bits per heavy atom. The summed E-state index contributed by atoms with van der Waals surface area (Å²) in [6, 6.07) is 19.9. The number of hydrogen-bond donors (Lipinski definition) is 1. The van der Waals surface area contributed by atoms with Crippen molar-refractivity contribution >= 4 is 35.8 Å². The monoisotopic (exact) mass is 475 g/mol. The number of nitrogens with one attached hydrogen (secondary N) is 1. The lowest BCUT2D eigenvalue weighted by molar-refractivity contribution is 0.494. The molecule has 31 heavy (non-hydrogen) atoms. The van der Waals surface area contributed by atoms with Crippen molar-refractivity contribution in [2.75, 3.05) is 12.3 Å². The van der Waals surface area contributed by atoms with E-state index in [1.807, 2.05) is 67.6 Å². The third kappa shape index (κ3) is 6.11. The van der Waals surface area contributed by atoms with Gasteiger partial charge in [0.25, 0.3) is 0 Å². The predicted octanol–water partition coefficient (Wildman–Crippen LogP) is 5.58. The zero-order valence-electron chi connectivity index (χ0n) is 17.0. The molecule has 0 unspecified atom stereocenters. The van der Waals surface area contributed by atoms with Gasteiger partial charge in [-0.1, -0.05) is 53.7 Å². The first-order chi connectivity index (χ1) is 14.7. The van der Waals surface area contributed by atoms with Crippen LogP contribution in [0.25, 0.3) is 17.0 Å². The predicted molar refractivity (Wildman–Crippen MR) is 127 cm³/mol. The van der Waals surface area contributed by atoms with Crippen LogP contribution in [-0.2, 0) is 6.54 Å². The van der Waals surface area contributed by atoms with Crippen molar-refractivity contribution in [3.63, 3.8) is 0 Å². The third-order valence-corrected chi connectivity index (χ3v) is 6.00. The molecule has 0 bridgehead atoms. The van der Waals surface area contributed by atoms with E-state index in [2.05, 4.69) is 20.8 Å². The summed E-state index contributed by atoms with van der Waals surface area (Å²) in [5.74, 6) is 2.66. The number of thioether (sulfide) groups is 1. The fourth-order valence-corrected chi connectivity index (χ4v) is 3.96. The molecule has 0 amide bonds. The van der Waals surface area contributed by atoms with Gasteiger partial charge in [0.2, 0.25) is 5.16 Å². The summed E-state index contributed by atoms with van der Waals surface area (Å²) in [5, 5.41) is 17.0. The van der Waals surface area contributed by atoms with Gasteiger partial charge < -0.3 is 9.73 Å². The van der Waals surface area contributed by atoms with E-state index in [9.17, 15) is 0 Å². The van der Waals surface area contributed by atoms with Crippen LogP contribution >= 0.6 is 35.8 Å². The Labute approximate surface area is 196 Å². The molecule has 0 fully saturated rings. The number of nitrogens with zero attached hydrogens (tertiary/aromatic N) is 4. The van der Waals surface area contributed by atoms with E-state index in [4.69, 9.17) is 16.0 Å². The van der Waals surface area contributed by atoms with Crippen molar-refractivity contribution in [1.82, 2.24) is 25.5 Å². The van der Waals surface area contributed by atoms with Gasteiger partial charge in [0.15, 0.2) is 0 Å². The van der Waals surface area contributed by atoms with E-state index in [-0.39, 0.29) is 12.4 Å². The second-order valence-electron chi connectivity index (χ2n) is 6.82. The normalized spacial score (nSPS) is 10.8. The molecule has 0 atom stereocenters. The van der Waals surface area contributed by atoms with Crippen LogP contribution in [0.3, 0.4) is 0 Å². The maximum Gasteiger partial charge on any atom is 0.214 e. The highest BCUT2D eigenvalue weighted by Gasteiger charge is 2.09. The number of aromatic nitrogens is 4. The lowest BCUT2D eigenvalue weighted by atomic mass is 10.1. The first kappa shape index (κ1) is 23.3. The molecule has 0 aliphatic carbocycles. The molecule has 2 heterocycles. The maximum atomic E-state index is 6.21. The van der Waals surface area contributed by atoms with Crippen LogP contribution in [0.15, 0.2) is 70.2 Å². The smallest absolute Gasteiger partial charge is 0.214 e. The van der Waals surface area contributed by atoms with Crippen LogP contribution in [0, 0.1) is 6.92 Å². The number of hydrogen-bond acceptors (Lipinski definition) is 6. The number of benzene rings is 2. The van der Waals surface area contributed by atoms with Crippen LogP contribution in [0.2, 0.25) is 5.02 Å². The molecule has 2 aromatic heterocycles. The van der Waals surface area contributed by atoms with Gasteiger partial charge in [0.1, 0.15) is 11.5 Å². The Balaban J connectivity index is 0.00000272. The van der Waals surface area contributed by atoms with Gasteiger partial charge in [0, 0.05) is 16.3 Å². The highest BCUT2D eigenvalue weighted by Crippen LogP contribution is 2.27. The number of furan rings is 1. The van der Waals surface area contributed by atoms with Crippen molar-refractivity contribution < 1.29 is 4.42 Å². The van der Waals surface area contributed by atoms with Crippen molar-refractivity contribution in [2.45, 2.75) is 25.0 Å². The van der Waals surface area contributed by atoms with Gasteiger partial charge in [-0.15, -0.1) is 17.5 Å². The number of halogens is 2. The summed E-state index contributed by atoms with van der Waals surface area (Å²) in [5.41, 5.74) is 3.01. The molecule has 162 valence electrons. The summed E-state index contributed by atoms with van der Waals surface area (Å²) >= 11 is 7.86. The second kappa shape index (κ2) is 11.3. The fraction of sp³-hybridized carbons (Fsp3) is 0.227. The van der Waals surface area contributed by atoms with Crippen molar-refractivity contribution in [3.05, 3.63) is 77.0 Å². The molecule has 0 spiro atoms. The molecule has 4 aromatic rings. The topological polar surface area (TPSA) is 68.8 Å². The first-order valence-electron chi connectivity index (χ1n) is 9.73. The highest BCUT2D eigenvalue weighted by atomic mass is 35.5. The van der Waals surface area contributed by atoms with Crippen molar-refractivity contribution in [3.8, 4) is 17.0 Å². The SMILES string of the molecule is Cc1ccc(-c2ccc(CNCCCSc3nnnn3-c3ccccc3)o2)cc1Cl.Cl. The molecule has 6 nitrogen and oxygen atoms in total. The van der Waals surface area contributed by atoms with E-state index >= 15 is 0 Å². The Morgan fingerprint density at radius 2 is 1.94 bits per heavy atom. The van der Waals surface area contributed by atoms with Gasteiger partial charge >= 0.3 is 0 Å².